The van der Waals surface area contributed by atoms with Crippen molar-refractivity contribution in [3.8, 4) is 28.7 Å². The summed E-state index contributed by atoms with van der Waals surface area (Å²) in [6, 6.07) is 0. The molecule has 0 aliphatic rings. The molecule has 238 valence electrons. The van der Waals surface area contributed by atoms with Gasteiger partial charge in [-0.05, 0) is 35.1 Å². The van der Waals surface area contributed by atoms with Gasteiger partial charge < -0.3 is 33.5 Å². The minimum Gasteiger partial charge on any atom is -0.486 e. The van der Waals surface area contributed by atoms with Crippen LogP contribution in [0.25, 0.3) is 0 Å². The summed E-state index contributed by atoms with van der Waals surface area (Å²) in [7, 11) is 6.32. The normalized spacial score (nSPS) is 12.6. The first-order valence-corrected chi connectivity index (χ1v) is 12.0. The van der Waals surface area contributed by atoms with E-state index in [0.29, 0.717) is 6.92 Å². The molecule has 7 nitrogen and oxygen atoms in total. The summed E-state index contributed by atoms with van der Waals surface area (Å²) >= 11 is 0. The van der Waals surface area contributed by atoms with Gasteiger partial charge in [-0.2, -0.15) is 39.5 Å². The predicted octanol–water partition coefficient (Wildman–Crippen LogP) is 5.33. The van der Waals surface area contributed by atoms with Gasteiger partial charge >= 0.3 is 5.92 Å². The Morgan fingerprint density at radius 3 is 1.40 bits per heavy atom. The lowest BCUT2D eigenvalue weighted by Gasteiger charge is -2.26. The largest absolute Gasteiger partial charge is 0.486 e. The number of ether oxygens (including phenoxy) is 5. The molecule has 0 spiro atoms. The van der Waals surface area contributed by atoms with Crippen molar-refractivity contribution in [3.63, 3.8) is 0 Å². The molecule has 0 radical (unpaired) electrons. The highest BCUT2D eigenvalue weighted by Crippen LogP contribution is 2.42. The van der Waals surface area contributed by atoms with E-state index in [1.807, 2.05) is 0 Å². The summed E-state index contributed by atoms with van der Waals surface area (Å²) in [6.07, 6.45) is -2.64. The Labute approximate surface area is 234 Å². The van der Waals surface area contributed by atoms with Crippen molar-refractivity contribution < 1.29 is 67.6 Å². The lowest BCUT2D eigenvalue weighted by atomic mass is 10.2. The van der Waals surface area contributed by atoms with Crippen LogP contribution < -0.4 is 23.7 Å². The van der Waals surface area contributed by atoms with Crippen LogP contribution in [0.1, 0.15) is 6.92 Å². The molecule has 42 heavy (non-hydrogen) atoms. The first kappa shape index (κ1) is 34.9. The van der Waals surface area contributed by atoms with Crippen LogP contribution in [0, 0.1) is 40.7 Å². The molecule has 0 saturated carbocycles. The minimum absolute atomic E-state index is 0.101. The fourth-order valence-electron chi connectivity index (χ4n) is 3.07. The van der Waals surface area contributed by atoms with Gasteiger partial charge in [-0.1, -0.05) is 0 Å². The van der Waals surface area contributed by atoms with Crippen LogP contribution in [0.2, 0.25) is 0 Å². The van der Waals surface area contributed by atoms with Gasteiger partial charge in [-0.15, -0.1) is 0 Å². The number of benzene rings is 2. The second-order valence-corrected chi connectivity index (χ2v) is 9.21. The first-order chi connectivity index (χ1) is 19.5. The zero-order valence-electron chi connectivity index (χ0n) is 23.0. The van der Waals surface area contributed by atoms with Gasteiger partial charge in [0, 0.05) is 13.1 Å². The molecular formula is C25H28F10N2O5. The molecule has 1 unspecified atom stereocenters. The first-order valence-electron chi connectivity index (χ1n) is 12.0. The van der Waals surface area contributed by atoms with Crippen molar-refractivity contribution in [1.82, 2.24) is 9.80 Å². The van der Waals surface area contributed by atoms with Crippen molar-refractivity contribution in [3.05, 3.63) is 40.7 Å². The van der Waals surface area contributed by atoms with Crippen LogP contribution in [0.15, 0.2) is 0 Å². The third-order valence-electron chi connectivity index (χ3n) is 5.45. The van der Waals surface area contributed by atoms with Gasteiger partial charge in [0.25, 0.3) is 0 Å². The van der Waals surface area contributed by atoms with Crippen LogP contribution >= 0.6 is 0 Å². The number of nitrogens with zero attached hydrogens (tertiary/aromatic N) is 2. The van der Waals surface area contributed by atoms with Gasteiger partial charge in [0.15, 0.2) is 30.0 Å². The molecule has 0 aliphatic heterocycles. The maximum atomic E-state index is 15.0. The zero-order valence-corrected chi connectivity index (χ0v) is 23.0. The van der Waals surface area contributed by atoms with Gasteiger partial charge in [0.2, 0.25) is 59.1 Å². The Balaban J connectivity index is 2.30. The number of hydrogen-bond acceptors (Lipinski definition) is 7. The molecule has 1 atom stereocenters. The highest BCUT2D eigenvalue weighted by Gasteiger charge is 2.43. The Hall–Kier alpha value is -3.34. The molecule has 0 amide bonds. The third-order valence-corrected chi connectivity index (χ3v) is 5.45. The van der Waals surface area contributed by atoms with Gasteiger partial charge in [-0.25, -0.2) is 4.39 Å². The molecule has 17 heteroatoms. The maximum absolute atomic E-state index is 15.0. The van der Waals surface area contributed by atoms with Crippen LogP contribution in [0.5, 0.6) is 28.7 Å². The van der Waals surface area contributed by atoms with Crippen molar-refractivity contribution >= 4 is 0 Å². The molecule has 2 rings (SSSR count). The van der Waals surface area contributed by atoms with E-state index in [-0.39, 0.29) is 26.3 Å². The molecule has 0 heterocycles. The minimum atomic E-state index is -4.37. The van der Waals surface area contributed by atoms with Crippen LogP contribution in [-0.2, 0) is 0 Å². The third kappa shape index (κ3) is 8.14. The topological polar surface area (TPSA) is 52.6 Å². The average Bonchev–Trinajstić information content (AvgIpc) is 2.91. The Bertz CT molecular complexity index is 1200. The summed E-state index contributed by atoms with van der Waals surface area (Å²) in [4.78, 5) is 3.07. The number of hydrogen-bond donors (Lipinski definition) is 0. The number of alkyl halides is 3. The van der Waals surface area contributed by atoms with E-state index >= 15 is 0 Å². The van der Waals surface area contributed by atoms with Crippen LogP contribution in [0.3, 0.4) is 0 Å². The fraction of sp³-hybridized carbons (Fsp3) is 0.520. The summed E-state index contributed by atoms with van der Waals surface area (Å²) in [5.74, 6) is -26.5. The van der Waals surface area contributed by atoms with E-state index in [4.69, 9.17) is 9.47 Å². The van der Waals surface area contributed by atoms with E-state index in [1.54, 1.807) is 33.1 Å². The Morgan fingerprint density at radius 2 is 0.952 bits per heavy atom. The molecule has 0 saturated heterocycles. The predicted molar refractivity (Wildman–Crippen MR) is 128 cm³/mol. The monoisotopic (exact) mass is 626 g/mol. The van der Waals surface area contributed by atoms with Gasteiger partial charge in [-0.3, -0.25) is 0 Å². The second kappa shape index (κ2) is 14.7. The van der Waals surface area contributed by atoms with E-state index in [0.717, 1.165) is 0 Å². The quantitative estimate of drug-likeness (QED) is 0.185. The molecular weight excluding hydrogens is 598 g/mol. The highest BCUT2D eigenvalue weighted by atomic mass is 19.3. The molecule has 2 aromatic carbocycles. The Morgan fingerprint density at radius 1 is 0.571 bits per heavy atom. The van der Waals surface area contributed by atoms with Gasteiger partial charge in [0.1, 0.15) is 13.2 Å². The lowest BCUT2D eigenvalue weighted by molar-refractivity contribution is -0.116. The van der Waals surface area contributed by atoms with Gasteiger partial charge in [0.05, 0.1) is 0 Å². The van der Waals surface area contributed by atoms with Crippen molar-refractivity contribution in [2.75, 3.05) is 68.0 Å². The van der Waals surface area contributed by atoms with E-state index < -0.39 is 95.0 Å². The molecule has 0 fully saturated rings. The summed E-state index contributed by atoms with van der Waals surface area (Å²) < 4.78 is 167. The van der Waals surface area contributed by atoms with Crippen LogP contribution in [-0.4, -0.2) is 89.8 Å². The van der Waals surface area contributed by atoms with E-state index in [2.05, 4.69) is 14.2 Å². The maximum Gasteiger partial charge on any atom is 0.316 e. The summed E-state index contributed by atoms with van der Waals surface area (Å²) in [5.41, 5.74) is 0. The zero-order chi connectivity index (χ0) is 31.9. The Kier molecular flexibility index (Phi) is 12.2. The average molecular weight is 626 g/mol. The number of likely N-dealkylation sites (N-methyl/N-ethyl adjacent to an activating group) is 2. The highest BCUT2D eigenvalue weighted by molar-refractivity contribution is 5.49. The SMILES string of the molecule is CC(Oc1c(F)c(F)c(OCCN(C)C)c(F)c1F)C(F)(F)COc1c(F)c(F)c(OCF)c(OCCN(C)C)c1F. The molecule has 0 aromatic heterocycles. The molecule has 0 N–H and O–H groups in total. The summed E-state index contributed by atoms with van der Waals surface area (Å²) in [5, 5.41) is 0. The number of halogens is 10. The van der Waals surface area contributed by atoms with E-state index in [1.165, 1.54) is 4.90 Å². The van der Waals surface area contributed by atoms with Crippen LogP contribution in [0.4, 0.5) is 43.9 Å². The summed E-state index contributed by atoms with van der Waals surface area (Å²) in [6.45, 7) is -3.77. The van der Waals surface area contributed by atoms with Crippen molar-refractivity contribution in [1.29, 1.82) is 0 Å². The van der Waals surface area contributed by atoms with Crippen molar-refractivity contribution in [2.45, 2.75) is 19.0 Å². The van der Waals surface area contributed by atoms with Crippen molar-refractivity contribution in [2.24, 2.45) is 0 Å². The lowest BCUT2D eigenvalue weighted by Crippen LogP contribution is -2.41. The van der Waals surface area contributed by atoms with E-state index in [9.17, 15) is 43.9 Å². The molecule has 0 aliphatic carbocycles. The fourth-order valence-corrected chi connectivity index (χ4v) is 3.07. The number of rotatable bonds is 16. The molecule has 2 aromatic rings. The molecule has 0 bridgehead atoms. The second-order valence-electron chi connectivity index (χ2n) is 9.21. The smallest absolute Gasteiger partial charge is 0.316 e. The standard InChI is InChI=1S/C25H28F10N2O5/c1-12(42-22-16(30)13(27)20(14(28)17(22)31)38-8-6-36(2)3)25(34,35)10-40-21-15(29)18(32)23(41-11-26)24(19(21)33)39-9-7-37(4)5/h12H,6-11H2,1-5H3.